The number of carbonyl (C=O) groups excluding carboxylic acids is 2. The van der Waals surface area contributed by atoms with E-state index in [0.717, 1.165) is 16.8 Å². The Morgan fingerprint density at radius 3 is 1.52 bits per heavy atom. The molecule has 0 bridgehead atoms. The van der Waals surface area contributed by atoms with E-state index in [4.69, 9.17) is 14.2 Å². The Kier molecular flexibility index (Phi) is 12.2. The Balaban J connectivity index is 0.000000402. The number of nitrogens with zero attached hydrogens (tertiary/aromatic N) is 5. The maximum atomic E-state index is 13.9. The van der Waals surface area contributed by atoms with Crippen LogP contribution in [0.2, 0.25) is 0 Å². The second-order valence-corrected chi connectivity index (χ2v) is 13.9. The van der Waals surface area contributed by atoms with Crippen molar-refractivity contribution in [3.8, 4) is 11.5 Å². The lowest BCUT2D eigenvalue weighted by atomic mass is 10.1. The molecule has 0 spiro atoms. The Hall–Kier alpha value is -4.69. The zero-order chi connectivity index (χ0) is 35.9. The van der Waals surface area contributed by atoms with E-state index in [-0.39, 0.29) is 29.6 Å². The maximum Gasteiger partial charge on any atom is 0.333 e. The number of aromatic nitrogens is 4. The van der Waals surface area contributed by atoms with E-state index in [1.165, 1.54) is 29.4 Å². The molecule has 13 nitrogen and oxygen atoms in total. The second-order valence-electron chi connectivity index (χ2n) is 12.0. The standard InChI is InChI=1S/C25H31N3O6S.C9H14N2O2/c1-18-23(17-28(26-18)25(2,3)24(29)34-6)35(30,31)27(15-19-7-11-21(32-4)12-8-19)16-20-9-13-22(33-5)14-10-20;1-7-5-6-11(10-7)9(2,3)8(12)13-4/h7-14,17H,15-16H2,1-6H3;5-6H,1-4H3. The number of hydrogen-bond acceptors (Lipinski definition) is 10. The molecule has 0 saturated heterocycles. The van der Waals surface area contributed by atoms with Gasteiger partial charge in [-0.15, -0.1) is 0 Å². The van der Waals surface area contributed by atoms with Crippen molar-refractivity contribution in [2.24, 2.45) is 0 Å². The van der Waals surface area contributed by atoms with Crippen LogP contribution in [0.15, 0.2) is 71.9 Å². The first-order valence-electron chi connectivity index (χ1n) is 15.0. The van der Waals surface area contributed by atoms with Crippen LogP contribution in [0.4, 0.5) is 0 Å². The van der Waals surface area contributed by atoms with E-state index in [0.29, 0.717) is 11.5 Å². The fraction of sp³-hybridized carbons (Fsp3) is 0.412. The van der Waals surface area contributed by atoms with E-state index in [2.05, 4.69) is 14.9 Å². The molecular formula is C34H45N5O8S. The van der Waals surface area contributed by atoms with Crippen molar-refractivity contribution in [3.63, 3.8) is 0 Å². The van der Waals surface area contributed by atoms with Crippen molar-refractivity contribution in [3.05, 3.63) is 89.5 Å². The molecular weight excluding hydrogens is 638 g/mol. The Morgan fingerprint density at radius 2 is 1.15 bits per heavy atom. The molecule has 0 fully saturated rings. The van der Waals surface area contributed by atoms with Crippen LogP contribution in [-0.2, 0) is 53.3 Å². The fourth-order valence-electron chi connectivity index (χ4n) is 4.63. The maximum absolute atomic E-state index is 13.9. The highest BCUT2D eigenvalue weighted by molar-refractivity contribution is 7.89. The van der Waals surface area contributed by atoms with E-state index >= 15 is 0 Å². The molecule has 48 heavy (non-hydrogen) atoms. The first kappa shape index (κ1) is 37.8. The summed E-state index contributed by atoms with van der Waals surface area (Å²) in [6.45, 7) is 10.5. The SMILES string of the molecule is COC(=O)C(C)(C)n1cc(S(=O)(=O)N(Cc2ccc(OC)cc2)Cc2ccc(OC)cc2)c(C)n1.COC(=O)C(C)(C)n1ccc(C)n1. The topological polar surface area (TPSA) is 144 Å². The Labute approximate surface area is 282 Å². The van der Waals surface area contributed by atoms with E-state index in [1.54, 1.807) is 84.0 Å². The molecule has 2 aromatic carbocycles. The predicted molar refractivity (Wildman–Crippen MR) is 179 cm³/mol. The van der Waals surface area contributed by atoms with E-state index < -0.39 is 27.1 Å². The van der Waals surface area contributed by atoms with Gasteiger partial charge in [-0.3, -0.25) is 9.36 Å². The fourth-order valence-corrected chi connectivity index (χ4v) is 6.19. The number of ether oxygens (including phenoxy) is 4. The van der Waals surface area contributed by atoms with Crippen LogP contribution < -0.4 is 9.47 Å². The summed E-state index contributed by atoms with van der Waals surface area (Å²) >= 11 is 0. The van der Waals surface area contributed by atoms with Crippen molar-refractivity contribution < 1.29 is 37.0 Å². The number of hydrogen-bond donors (Lipinski definition) is 0. The van der Waals surface area contributed by atoms with Crippen molar-refractivity contribution in [2.75, 3.05) is 28.4 Å². The van der Waals surface area contributed by atoms with Crippen LogP contribution in [0, 0.1) is 13.8 Å². The molecule has 2 heterocycles. The van der Waals surface area contributed by atoms with Gasteiger partial charge in [-0.2, -0.15) is 14.5 Å². The van der Waals surface area contributed by atoms with Crippen LogP contribution in [0.5, 0.6) is 11.5 Å². The second kappa shape index (κ2) is 15.5. The zero-order valence-corrected chi connectivity index (χ0v) is 30.0. The monoisotopic (exact) mass is 683 g/mol. The van der Waals surface area contributed by atoms with Crippen molar-refractivity contribution in [2.45, 2.75) is 70.6 Å². The zero-order valence-electron chi connectivity index (χ0n) is 29.2. The van der Waals surface area contributed by atoms with Gasteiger partial charge in [0.25, 0.3) is 0 Å². The van der Waals surface area contributed by atoms with Crippen LogP contribution in [0.1, 0.15) is 50.2 Å². The normalized spacial score (nSPS) is 11.8. The highest BCUT2D eigenvalue weighted by Crippen LogP contribution is 2.27. The minimum Gasteiger partial charge on any atom is -0.497 e. The van der Waals surface area contributed by atoms with Crippen LogP contribution in [-0.4, -0.2) is 72.7 Å². The number of aryl methyl sites for hydroxylation is 2. The molecule has 0 amide bonds. The summed E-state index contributed by atoms with van der Waals surface area (Å²) in [6.07, 6.45) is 3.16. The molecule has 0 radical (unpaired) electrons. The molecule has 4 aromatic rings. The molecule has 0 unspecified atom stereocenters. The molecule has 4 rings (SSSR count). The van der Waals surface area contributed by atoms with Gasteiger partial charge in [-0.05, 0) is 83.0 Å². The van der Waals surface area contributed by atoms with Crippen molar-refractivity contribution in [1.29, 1.82) is 0 Å². The summed E-state index contributed by atoms with van der Waals surface area (Å²) in [4.78, 5) is 23.6. The van der Waals surface area contributed by atoms with Gasteiger partial charge in [-0.1, -0.05) is 24.3 Å². The Morgan fingerprint density at radius 1 is 0.708 bits per heavy atom. The smallest absolute Gasteiger partial charge is 0.333 e. The van der Waals surface area contributed by atoms with Gasteiger partial charge in [0.1, 0.15) is 16.4 Å². The summed E-state index contributed by atoms with van der Waals surface area (Å²) in [5, 5.41) is 8.50. The van der Waals surface area contributed by atoms with Crippen LogP contribution >= 0.6 is 0 Å². The summed E-state index contributed by atoms with van der Waals surface area (Å²) in [5.74, 6) is 0.536. The quantitative estimate of drug-likeness (QED) is 0.194. The van der Waals surface area contributed by atoms with Crippen LogP contribution in [0.25, 0.3) is 0 Å². The number of rotatable bonds is 12. The minimum atomic E-state index is -4.00. The predicted octanol–water partition coefficient (Wildman–Crippen LogP) is 4.61. The third-order valence-corrected chi connectivity index (χ3v) is 9.64. The number of carbonyl (C=O) groups is 2. The molecule has 0 atom stereocenters. The Bertz CT molecular complexity index is 1740. The van der Waals surface area contributed by atoms with Crippen molar-refractivity contribution >= 4 is 22.0 Å². The van der Waals surface area contributed by atoms with Gasteiger partial charge < -0.3 is 18.9 Å². The van der Waals surface area contributed by atoms with Gasteiger partial charge in [-0.25, -0.2) is 18.0 Å². The molecule has 0 N–H and O–H groups in total. The first-order chi connectivity index (χ1) is 22.5. The summed E-state index contributed by atoms with van der Waals surface area (Å²) in [7, 11) is 1.81. The number of esters is 2. The van der Waals surface area contributed by atoms with Crippen LogP contribution in [0.3, 0.4) is 0 Å². The van der Waals surface area contributed by atoms with E-state index in [9.17, 15) is 18.0 Å². The number of benzene rings is 2. The number of sulfonamides is 1. The average Bonchev–Trinajstić information content (AvgIpc) is 3.71. The van der Waals surface area contributed by atoms with Gasteiger partial charge in [0.15, 0.2) is 11.1 Å². The molecule has 14 heteroatoms. The third kappa shape index (κ3) is 8.61. The third-order valence-electron chi connectivity index (χ3n) is 7.75. The lowest BCUT2D eigenvalue weighted by Crippen LogP contribution is -2.37. The molecule has 260 valence electrons. The molecule has 0 saturated carbocycles. The van der Waals surface area contributed by atoms with Gasteiger partial charge in [0, 0.05) is 25.5 Å². The minimum absolute atomic E-state index is 0.0245. The first-order valence-corrected chi connectivity index (χ1v) is 16.5. The summed E-state index contributed by atoms with van der Waals surface area (Å²) < 4.78 is 52.1. The molecule has 0 aliphatic rings. The van der Waals surface area contributed by atoms with Gasteiger partial charge in [0.05, 0.1) is 39.8 Å². The van der Waals surface area contributed by atoms with Gasteiger partial charge in [0.2, 0.25) is 10.0 Å². The van der Waals surface area contributed by atoms with Crippen molar-refractivity contribution in [1.82, 2.24) is 23.9 Å². The lowest BCUT2D eigenvalue weighted by molar-refractivity contribution is -0.150. The molecule has 0 aliphatic carbocycles. The largest absolute Gasteiger partial charge is 0.497 e. The molecule has 2 aromatic heterocycles. The highest BCUT2D eigenvalue weighted by atomic mass is 32.2. The number of methoxy groups -OCH3 is 4. The van der Waals surface area contributed by atoms with E-state index in [1.807, 2.05) is 37.3 Å². The molecule has 0 aliphatic heterocycles. The van der Waals surface area contributed by atoms with Gasteiger partial charge >= 0.3 is 11.9 Å². The average molecular weight is 684 g/mol. The summed E-state index contributed by atoms with van der Waals surface area (Å²) in [5.41, 5.74) is 0.853. The summed E-state index contributed by atoms with van der Waals surface area (Å²) in [6, 6.07) is 16.3. The highest BCUT2D eigenvalue weighted by Gasteiger charge is 2.36. The lowest BCUT2D eigenvalue weighted by Gasteiger charge is -2.23.